The van der Waals surface area contributed by atoms with Gasteiger partial charge < -0.3 is 5.32 Å². The quantitative estimate of drug-likeness (QED) is 0.598. The number of halogens is 1. The smallest absolute Gasteiger partial charge is 0.261 e. The summed E-state index contributed by atoms with van der Waals surface area (Å²) in [6, 6.07) is 19.7. The van der Waals surface area contributed by atoms with Crippen molar-refractivity contribution in [2.75, 3.05) is 10.0 Å². The number of anilines is 2. The zero-order chi connectivity index (χ0) is 20.1. The van der Waals surface area contributed by atoms with Crippen LogP contribution in [0.2, 0.25) is 5.02 Å². The third kappa shape index (κ3) is 4.71. The van der Waals surface area contributed by atoms with Gasteiger partial charge in [0, 0.05) is 10.7 Å². The molecule has 0 heterocycles. The van der Waals surface area contributed by atoms with Gasteiger partial charge in [0.15, 0.2) is 0 Å². The van der Waals surface area contributed by atoms with E-state index in [0.29, 0.717) is 10.7 Å². The monoisotopic (exact) mass is 414 g/mol. The lowest BCUT2D eigenvalue weighted by Gasteiger charge is -2.13. The van der Waals surface area contributed by atoms with Crippen molar-refractivity contribution in [2.24, 2.45) is 0 Å². The van der Waals surface area contributed by atoms with Gasteiger partial charge in [0.2, 0.25) is 0 Å². The summed E-state index contributed by atoms with van der Waals surface area (Å²) in [6.07, 6.45) is 0.821. The molecule has 0 aliphatic rings. The molecule has 0 saturated carbocycles. The average Bonchev–Trinajstić information content (AvgIpc) is 2.70. The number of aryl methyl sites for hydroxylation is 1. The van der Waals surface area contributed by atoms with Crippen molar-refractivity contribution in [1.82, 2.24) is 0 Å². The summed E-state index contributed by atoms with van der Waals surface area (Å²) >= 11 is 5.85. The molecule has 0 spiro atoms. The van der Waals surface area contributed by atoms with Gasteiger partial charge >= 0.3 is 0 Å². The fourth-order valence-electron chi connectivity index (χ4n) is 2.61. The van der Waals surface area contributed by atoms with Crippen LogP contribution in [-0.2, 0) is 16.4 Å². The molecule has 0 saturated heterocycles. The molecule has 0 fully saturated rings. The van der Waals surface area contributed by atoms with E-state index in [2.05, 4.69) is 10.0 Å². The molecule has 3 aromatic carbocycles. The highest BCUT2D eigenvalue weighted by atomic mass is 35.5. The van der Waals surface area contributed by atoms with Crippen LogP contribution in [0.25, 0.3) is 0 Å². The maximum absolute atomic E-state index is 12.7. The first kappa shape index (κ1) is 19.9. The maximum atomic E-state index is 12.7. The Kier molecular flexibility index (Phi) is 6.02. The van der Waals surface area contributed by atoms with Gasteiger partial charge in [-0.1, -0.05) is 42.8 Å². The van der Waals surface area contributed by atoms with Crippen molar-refractivity contribution in [3.8, 4) is 0 Å². The van der Waals surface area contributed by atoms with E-state index >= 15 is 0 Å². The first-order valence-corrected chi connectivity index (χ1v) is 10.5. The number of amides is 1. The molecule has 0 radical (unpaired) electrons. The average molecular weight is 415 g/mol. The fourth-order valence-corrected chi connectivity index (χ4v) is 3.82. The number of rotatable bonds is 6. The Morgan fingerprint density at radius 1 is 0.929 bits per heavy atom. The van der Waals surface area contributed by atoms with Crippen LogP contribution >= 0.6 is 11.6 Å². The lowest BCUT2D eigenvalue weighted by atomic mass is 10.1. The summed E-state index contributed by atoms with van der Waals surface area (Å²) in [5, 5.41) is 3.29. The van der Waals surface area contributed by atoms with Crippen LogP contribution in [0.3, 0.4) is 0 Å². The van der Waals surface area contributed by atoms with E-state index in [1.54, 1.807) is 72.8 Å². The molecule has 0 unspecified atom stereocenters. The number of hydrogen-bond acceptors (Lipinski definition) is 3. The first-order chi connectivity index (χ1) is 13.4. The van der Waals surface area contributed by atoms with E-state index < -0.39 is 15.9 Å². The van der Waals surface area contributed by atoms with Gasteiger partial charge in [0.05, 0.1) is 16.1 Å². The molecule has 0 aliphatic heterocycles. The van der Waals surface area contributed by atoms with E-state index in [4.69, 9.17) is 11.6 Å². The number of benzene rings is 3. The van der Waals surface area contributed by atoms with Gasteiger partial charge in [-0.05, 0) is 60.5 Å². The van der Waals surface area contributed by atoms with Gasteiger partial charge in [-0.25, -0.2) is 8.42 Å². The summed E-state index contributed by atoms with van der Waals surface area (Å²) in [4.78, 5) is 12.8. The Morgan fingerprint density at radius 2 is 1.57 bits per heavy atom. The van der Waals surface area contributed by atoms with Crippen LogP contribution in [0.4, 0.5) is 11.4 Å². The summed E-state index contributed by atoms with van der Waals surface area (Å²) in [7, 11) is -3.82. The van der Waals surface area contributed by atoms with Crippen LogP contribution in [0.15, 0.2) is 77.7 Å². The third-order valence-corrected chi connectivity index (χ3v) is 5.79. The van der Waals surface area contributed by atoms with Gasteiger partial charge in [-0.3, -0.25) is 9.52 Å². The highest BCUT2D eigenvalue weighted by Crippen LogP contribution is 2.22. The molecular weight excluding hydrogens is 396 g/mol. The number of para-hydroxylation sites is 1. The molecule has 0 atom stereocenters. The highest BCUT2D eigenvalue weighted by Gasteiger charge is 2.18. The van der Waals surface area contributed by atoms with Gasteiger partial charge in [-0.15, -0.1) is 0 Å². The molecule has 0 aliphatic carbocycles. The van der Waals surface area contributed by atoms with Crippen molar-refractivity contribution in [2.45, 2.75) is 18.2 Å². The standard InChI is InChI=1S/C21H19ClN2O3S/c1-2-15-7-13-18(14-8-15)28(26,27)24-20-6-4-3-5-19(20)21(25)23-17-11-9-16(22)10-12-17/h3-14,24H,2H2,1H3,(H,23,25). The predicted octanol–water partition coefficient (Wildman–Crippen LogP) is 4.96. The Balaban J connectivity index is 1.84. The lowest BCUT2D eigenvalue weighted by molar-refractivity contribution is 0.102. The topological polar surface area (TPSA) is 75.3 Å². The lowest BCUT2D eigenvalue weighted by Crippen LogP contribution is -2.18. The van der Waals surface area contributed by atoms with E-state index in [0.717, 1.165) is 12.0 Å². The van der Waals surface area contributed by atoms with Gasteiger partial charge in [-0.2, -0.15) is 0 Å². The van der Waals surface area contributed by atoms with E-state index in [1.165, 1.54) is 0 Å². The molecule has 7 heteroatoms. The fraction of sp³-hybridized carbons (Fsp3) is 0.0952. The largest absolute Gasteiger partial charge is 0.322 e. The molecule has 28 heavy (non-hydrogen) atoms. The van der Waals surface area contributed by atoms with Crippen LogP contribution in [-0.4, -0.2) is 14.3 Å². The Labute approximate surface area is 169 Å². The summed E-state index contributed by atoms with van der Waals surface area (Å²) in [5.74, 6) is -0.429. The Morgan fingerprint density at radius 3 is 2.21 bits per heavy atom. The van der Waals surface area contributed by atoms with Gasteiger partial charge in [0.25, 0.3) is 15.9 Å². The van der Waals surface area contributed by atoms with Crippen molar-refractivity contribution in [1.29, 1.82) is 0 Å². The van der Waals surface area contributed by atoms with Gasteiger partial charge in [0.1, 0.15) is 0 Å². The molecular formula is C21H19ClN2O3S. The minimum atomic E-state index is -3.82. The number of hydrogen-bond donors (Lipinski definition) is 2. The maximum Gasteiger partial charge on any atom is 0.261 e. The number of sulfonamides is 1. The summed E-state index contributed by atoms with van der Waals surface area (Å²) in [6.45, 7) is 2.00. The molecule has 144 valence electrons. The molecule has 0 aromatic heterocycles. The second-order valence-electron chi connectivity index (χ2n) is 6.11. The molecule has 1 amide bonds. The zero-order valence-electron chi connectivity index (χ0n) is 15.1. The van der Waals surface area contributed by atoms with Crippen molar-refractivity contribution in [3.63, 3.8) is 0 Å². The SMILES string of the molecule is CCc1ccc(S(=O)(=O)Nc2ccccc2C(=O)Nc2ccc(Cl)cc2)cc1. The van der Waals surface area contributed by atoms with Crippen LogP contribution < -0.4 is 10.0 Å². The normalized spacial score (nSPS) is 11.1. The molecule has 2 N–H and O–H groups in total. The third-order valence-electron chi connectivity index (χ3n) is 4.16. The molecule has 3 rings (SSSR count). The second-order valence-corrected chi connectivity index (χ2v) is 8.23. The summed E-state index contributed by atoms with van der Waals surface area (Å²) < 4.78 is 27.9. The minimum Gasteiger partial charge on any atom is -0.322 e. The highest BCUT2D eigenvalue weighted by molar-refractivity contribution is 7.92. The minimum absolute atomic E-state index is 0.137. The van der Waals surface area contributed by atoms with E-state index in [1.807, 2.05) is 6.92 Å². The second kappa shape index (κ2) is 8.46. The Bertz CT molecular complexity index is 1080. The van der Waals surface area contributed by atoms with Crippen molar-refractivity contribution >= 4 is 38.9 Å². The van der Waals surface area contributed by atoms with Crippen LogP contribution in [0.5, 0.6) is 0 Å². The number of nitrogens with one attached hydrogen (secondary N) is 2. The van der Waals surface area contributed by atoms with Crippen molar-refractivity contribution in [3.05, 3.63) is 88.9 Å². The molecule has 3 aromatic rings. The first-order valence-electron chi connectivity index (χ1n) is 8.67. The number of carbonyl (C=O) groups is 1. The Hall–Kier alpha value is -2.83. The van der Waals surface area contributed by atoms with Crippen LogP contribution in [0, 0.1) is 0 Å². The van der Waals surface area contributed by atoms with E-state index in [9.17, 15) is 13.2 Å². The zero-order valence-corrected chi connectivity index (χ0v) is 16.7. The predicted molar refractivity (Wildman–Crippen MR) is 112 cm³/mol. The van der Waals surface area contributed by atoms with Crippen molar-refractivity contribution < 1.29 is 13.2 Å². The molecule has 0 bridgehead atoms. The van der Waals surface area contributed by atoms with E-state index in [-0.39, 0.29) is 16.1 Å². The summed E-state index contributed by atoms with van der Waals surface area (Å²) in [5.41, 5.74) is 2.02. The van der Waals surface area contributed by atoms with Crippen LogP contribution in [0.1, 0.15) is 22.8 Å². The molecule has 5 nitrogen and oxygen atoms in total. The number of carbonyl (C=O) groups excluding carboxylic acids is 1.